The summed E-state index contributed by atoms with van der Waals surface area (Å²) in [4.78, 5) is 13.9. The highest BCUT2D eigenvalue weighted by Gasteiger charge is 2.22. The third kappa shape index (κ3) is 2.54. The van der Waals surface area contributed by atoms with Gasteiger partial charge in [-0.25, -0.2) is 15.0 Å². The van der Waals surface area contributed by atoms with Crippen molar-refractivity contribution in [2.75, 3.05) is 0 Å². The van der Waals surface area contributed by atoms with Gasteiger partial charge in [0.15, 0.2) is 11.3 Å². The van der Waals surface area contributed by atoms with Gasteiger partial charge in [-0.15, -0.1) is 10.2 Å². The van der Waals surface area contributed by atoms with Crippen LogP contribution in [0.2, 0.25) is 0 Å². The lowest BCUT2D eigenvalue weighted by molar-refractivity contribution is 0.531. The Morgan fingerprint density at radius 1 is 0.767 bits per heavy atom. The van der Waals surface area contributed by atoms with Gasteiger partial charge in [-0.3, -0.25) is 0 Å². The van der Waals surface area contributed by atoms with Gasteiger partial charge in [0.1, 0.15) is 0 Å². The van der Waals surface area contributed by atoms with Gasteiger partial charge in [-0.1, -0.05) is 48.5 Å². The summed E-state index contributed by atoms with van der Waals surface area (Å²) >= 11 is 0. The standard InChI is InChI=1S/C24H15N5O/c1-14-7-5-11-17-19(14)27-24-21(17)28-29-23(30-24)18-13-16-10-6-12-25-22(16)26-20(18)15-8-3-2-4-9-15/h2-13H,1H3. The molecule has 0 saturated heterocycles. The second-order valence-corrected chi connectivity index (χ2v) is 7.14. The van der Waals surface area contributed by atoms with Crippen LogP contribution in [-0.4, -0.2) is 25.1 Å². The van der Waals surface area contributed by atoms with Gasteiger partial charge in [0, 0.05) is 22.5 Å². The second kappa shape index (κ2) is 6.42. The van der Waals surface area contributed by atoms with Crippen molar-refractivity contribution < 1.29 is 4.42 Å². The Morgan fingerprint density at radius 2 is 1.67 bits per heavy atom. The van der Waals surface area contributed by atoms with Gasteiger partial charge in [-0.05, 0) is 30.7 Å². The fourth-order valence-corrected chi connectivity index (χ4v) is 3.74. The predicted molar refractivity (Wildman–Crippen MR) is 115 cm³/mol. The number of nitrogens with zero attached hydrogens (tertiary/aromatic N) is 5. The van der Waals surface area contributed by atoms with Crippen molar-refractivity contribution in [2.24, 2.45) is 0 Å². The largest absolute Gasteiger partial charge is 0.416 e. The first-order valence-electron chi connectivity index (χ1n) is 9.62. The summed E-state index contributed by atoms with van der Waals surface area (Å²) in [5.74, 6) is 0.842. The molecule has 4 aromatic rings. The molecule has 30 heavy (non-hydrogen) atoms. The third-order valence-corrected chi connectivity index (χ3v) is 5.21. The van der Waals surface area contributed by atoms with E-state index in [1.807, 2.05) is 73.7 Å². The molecule has 0 N–H and O–H groups in total. The number of aromatic nitrogens is 5. The van der Waals surface area contributed by atoms with Gasteiger partial charge in [0.2, 0.25) is 5.89 Å². The highest BCUT2D eigenvalue weighted by Crippen LogP contribution is 2.36. The highest BCUT2D eigenvalue weighted by atomic mass is 16.4. The van der Waals surface area contributed by atoms with E-state index in [9.17, 15) is 0 Å². The number of para-hydroxylation sites is 1. The molecule has 6 rings (SSSR count). The van der Waals surface area contributed by atoms with Crippen molar-refractivity contribution in [3.63, 3.8) is 0 Å². The molecule has 6 nitrogen and oxygen atoms in total. The molecule has 0 bridgehead atoms. The number of hydrogen-bond acceptors (Lipinski definition) is 6. The summed E-state index contributed by atoms with van der Waals surface area (Å²) < 4.78 is 6.15. The fourth-order valence-electron chi connectivity index (χ4n) is 3.74. The molecule has 0 fully saturated rings. The van der Waals surface area contributed by atoms with Gasteiger partial charge in [0.05, 0.1) is 16.8 Å². The summed E-state index contributed by atoms with van der Waals surface area (Å²) in [5, 5.41) is 10.7. The zero-order chi connectivity index (χ0) is 20.1. The molecule has 0 radical (unpaired) electrons. The molecular formula is C24H15N5O. The summed E-state index contributed by atoms with van der Waals surface area (Å²) in [5.41, 5.74) is 5.73. The van der Waals surface area contributed by atoms with E-state index < -0.39 is 0 Å². The molecule has 2 aliphatic rings. The van der Waals surface area contributed by atoms with Crippen LogP contribution in [0.4, 0.5) is 0 Å². The molecule has 142 valence electrons. The van der Waals surface area contributed by atoms with E-state index in [4.69, 9.17) is 9.40 Å². The third-order valence-electron chi connectivity index (χ3n) is 5.21. The number of rotatable bonds is 2. The zero-order valence-corrected chi connectivity index (χ0v) is 16.1. The number of hydrogen-bond donors (Lipinski definition) is 0. The van der Waals surface area contributed by atoms with E-state index in [0.717, 1.165) is 38.7 Å². The molecule has 0 spiro atoms. The smallest absolute Gasteiger partial charge is 0.250 e. The first-order valence-corrected chi connectivity index (χ1v) is 9.62. The number of pyridine rings is 2. The number of aryl methyl sites for hydroxylation is 1. The lowest BCUT2D eigenvalue weighted by Crippen LogP contribution is -1.97. The first-order chi connectivity index (χ1) is 14.8. The number of benzene rings is 2. The molecule has 0 saturated carbocycles. The molecule has 2 aliphatic heterocycles. The number of fused-ring (bicyclic) bond motifs is 4. The van der Waals surface area contributed by atoms with Crippen LogP contribution in [0.25, 0.3) is 56.2 Å². The summed E-state index contributed by atoms with van der Waals surface area (Å²) in [7, 11) is 0. The Labute approximate surface area is 171 Å². The van der Waals surface area contributed by atoms with Crippen LogP contribution < -0.4 is 0 Å². The molecule has 2 aromatic heterocycles. The Kier molecular flexibility index (Phi) is 3.58. The zero-order valence-electron chi connectivity index (χ0n) is 16.1. The predicted octanol–water partition coefficient (Wildman–Crippen LogP) is 5.31. The van der Waals surface area contributed by atoms with Crippen LogP contribution >= 0.6 is 0 Å². The van der Waals surface area contributed by atoms with Crippen LogP contribution in [-0.2, 0) is 0 Å². The van der Waals surface area contributed by atoms with Crippen LogP contribution in [0.3, 0.4) is 0 Å². The molecule has 6 heteroatoms. The van der Waals surface area contributed by atoms with E-state index in [1.165, 1.54) is 0 Å². The molecule has 0 unspecified atom stereocenters. The maximum atomic E-state index is 6.15. The minimum absolute atomic E-state index is 0.375. The summed E-state index contributed by atoms with van der Waals surface area (Å²) in [6, 6.07) is 21.8. The Morgan fingerprint density at radius 3 is 2.57 bits per heavy atom. The lowest BCUT2D eigenvalue weighted by atomic mass is 10.0. The normalized spacial score (nSPS) is 11.5. The maximum Gasteiger partial charge on any atom is 0.250 e. The molecular weight excluding hydrogens is 374 g/mol. The minimum atomic E-state index is 0.375. The van der Waals surface area contributed by atoms with Crippen molar-refractivity contribution >= 4 is 21.9 Å². The second-order valence-electron chi connectivity index (χ2n) is 7.14. The Hall–Kier alpha value is -4.19. The SMILES string of the molecule is Cc1cccc2c3nnc(-c4cc5cccnc5nc4-c4ccccc4)oc-3nc12. The molecule has 0 atom stereocenters. The van der Waals surface area contributed by atoms with E-state index in [1.54, 1.807) is 6.20 Å². The van der Waals surface area contributed by atoms with Crippen LogP contribution in [0.15, 0.2) is 77.3 Å². The molecule has 2 aromatic carbocycles. The average molecular weight is 389 g/mol. The van der Waals surface area contributed by atoms with E-state index in [-0.39, 0.29) is 0 Å². The van der Waals surface area contributed by atoms with Crippen molar-refractivity contribution in [3.8, 4) is 34.3 Å². The van der Waals surface area contributed by atoms with E-state index >= 15 is 0 Å². The average Bonchev–Trinajstić information content (AvgIpc) is 3.18. The lowest BCUT2D eigenvalue weighted by Gasteiger charge is -2.09. The van der Waals surface area contributed by atoms with E-state index in [0.29, 0.717) is 23.1 Å². The Balaban J connectivity index is 1.64. The van der Waals surface area contributed by atoms with Gasteiger partial charge >= 0.3 is 0 Å². The van der Waals surface area contributed by atoms with Crippen LogP contribution in [0.1, 0.15) is 5.56 Å². The minimum Gasteiger partial charge on any atom is -0.416 e. The van der Waals surface area contributed by atoms with Crippen molar-refractivity contribution in [1.29, 1.82) is 0 Å². The van der Waals surface area contributed by atoms with Crippen LogP contribution in [0.5, 0.6) is 0 Å². The van der Waals surface area contributed by atoms with Crippen LogP contribution in [0, 0.1) is 6.92 Å². The molecule has 0 amide bonds. The maximum absolute atomic E-state index is 6.15. The highest BCUT2D eigenvalue weighted by molar-refractivity contribution is 5.96. The monoisotopic (exact) mass is 389 g/mol. The first kappa shape index (κ1) is 16.7. The van der Waals surface area contributed by atoms with Gasteiger partial charge in [-0.2, -0.15) is 0 Å². The van der Waals surface area contributed by atoms with Gasteiger partial charge in [0.25, 0.3) is 5.89 Å². The summed E-state index contributed by atoms with van der Waals surface area (Å²) in [6.07, 6.45) is 1.74. The Bertz CT molecular complexity index is 1510. The molecule has 4 heterocycles. The van der Waals surface area contributed by atoms with Crippen molar-refractivity contribution in [1.82, 2.24) is 25.1 Å². The fraction of sp³-hybridized carbons (Fsp3) is 0.0417. The topological polar surface area (TPSA) is 77.6 Å². The summed E-state index contributed by atoms with van der Waals surface area (Å²) in [6.45, 7) is 2.02. The van der Waals surface area contributed by atoms with Crippen molar-refractivity contribution in [2.45, 2.75) is 6.92 Å². The molecule has 0 aliphatic carbocycles. The van der Waals surface area contributed by atoms with Gasteiger partial charge < -0.3 is 4.42 Å². The quantitative estimate of drug-likeness (QED) is 0.399. The van der Waals surface area contributed by atoms with Crippen molar-refractivity contribution in [3.05, 3.63) is 78.5 Å². The van der Waals surface area contributed by atoms with E-state index in [2.05, 4.69) is 20.2 Å².